The van der Waals surface area contributed by atoms with Crippen molar-refractivity contribution in [1.29, 1.82) is 5.26 Å². The van der Waals surface area contributed by atoms with Crippen LogP contribution in [0, 0.1) is 11.3 Å². The number of rotatable bonds is 4. The van der Waals surface area contributed by atoms with Crippen LogP contribution in [0.4, 0.5) is 0 Å². The largest absolute Gasteiger partial charge is 0.493 e. The van der Waals surface area contributed by atoms with Gasteiger partial charge in [0.1, 0.15) is 5.15 Å². The Labute approximate surface area is 121 Å². The maximum absolute atomic E-state index is 8.91. The number of halogens is 1. The molecule has 0 atom stereocenters. The topological polar surface area (TPSA) is 64.4 Å². The number of para-hydroxylation sites is 1. The van der Waals surface area contributed by atoms with E-state index < -0.39 is 0 Å². The first-order valence-corrected chi connectivity index (χ1v) is 6.02. The lowest BCUT2D eigenvalue weighted by Crippen LogP contribution is -1.96. The number of nitrogens with zero attached hydrogens (tertiary/aromatic N) is 2. The van der Waals surface area contributed by atoms with Crippen molar-refractivity contribution in [3.8, 4) is 29.2 Å². The third kappa shape index (κ3) is 2.92. The van der Waals surface area contributed by atoms with Gasteiger partial charge in [-0.1, -0.05) is 17.7 Å². The van der Waals surface area contributed by atoms with Crippen molar-refractivity contribution < 1.29 is 14.2 Å². The lowest BCUT2D eigenvalue weighted by molar-refractivity contribution is 0.342. The molecule has 5 nitrogen and oxygen atoms in total. The molecule has 1 aromatic heterocycles. The Bertz CT molecular complexity index is 646. The molecule has 0 aliphatic carbocycles. The smallest absolute Gasteiger partial charge is 0.222 e. The molecule has 102 valence electrons. The standard InChI is InChI=1S/C14H11ClN2O3/c1-18-10-4-3-5-11(19-2)14(10)20-13-7-9(8-16)6-12(15)17-13/h3-7H,1-2H3. The first kappa shape index (κ1) is 14.0. The highest BCUT2D eigenvalue weighted by molar-refractivity contribution is 6.29. The Hall–Kier alpha value is -2.45. The SMILES string of the molecule is COc1cccc(OC)c1Oc1cc(C#N)cc(Cl)n1. The van der Waals surface area contributed by atoms with Crippen molar-refractivity contribution in [1.82, 2.24) is 4.98 Å². The Balaban J connectivity index is 2.44. The van der Waals surface area contributed by atoms with Crippen molar-refractivity contribution in [2.24, 2.45) is 0 Å². The second-order valence-electron chi connectivity index (χ2n) is 3.72. The van der Waals surface area contributed by atoms with Crippen LogP contribution in [0.3, 0.4) is 0 Å². The summed E-state index contributed by atoms with van der Waals surface area (Å²) >= 11 is 5.84. The van der Waals surface area contributed by atoms with Gasteiger partial charge in [0.2, 0.25) is 11.6 Å². The summed E-state index contributed by atoms with van der Waals surface area (Å²) in [5.41, 5.74) is 0.355. The number of benzene rings is 1. The molecule has 0 saturated carbocycles. The lowest BCUT2D eigenvalue weighted by atomic mass is 10.3. The molecule has 0 amide bonds. The summed E-state index contributed by atoms with van der Waals surface area (Å²) in [6.45, 7) is 0. The van der Waals surface area contributed by atoms with Gasteiger partial charge in [-0.25, -0.2) is 4.98 Å². The van der Waals surface area contributed by atoms with Crippen LogP contribution in [0.25, 0.3) is 0 Å². The minimum Gasteiger partial charge on any atom is -0.493 e. The van der Waals surface area contributed by atoms with Crippen molar-refractivity contribution in [3.63, 3.8) is 0 Å². The molecule has 0 spiro atoms. The zero-order valence-electron chi connectivity index (χ0n) is 10.9. The Morgan fingerprint density at radius 2 is 1.80 bits per heavy atom. The van der Waals surface area contributed by atoms with Gasteiger partial charge in [-0.3, -0.25) is 0 Å². The average Bonchev–Trinajstić information content (AvgIpc) is 2.46. The van der Waals surface area contributed by atoms with Gasteiger partial charge in [0.05, 0.1) is 25.9 Å². The van der Waals surface area contributed by atoms with Gasteiger partial charge in [0, 0.05) is 6.07 Å². The van der Waals surface area contributed by atoms with Gasteiger partial charge in [-0.05, 0) is 18.2 Å². The molecule has 20 heavy (non-hydrogen) atoms. The zero-order chi connectivity index (χ0) is 14.5. The van der Waals surface area contributed by atoms with Crippen LogP contribution in [-0.2, 0) is 0 Å². The van der Waals surface area contributed by atoms with Crippen LogP contribution in [-0.4, -0.2) is 19.2 Å². The van der Waals surface area contributed by atoms with E-state index in [0.29, 0.717) is 22.8 Å². The van der Waals surface area contributed by atoms with E-state index in [1.54, 1.807) is 18.2 Å². The minimum absolute atomic E-state index is 0.174. The Kier molecular flexibility index (Phi) is 4.28. The van der Waals surface area contributed by atoms with E-state index in [2.05, 4.69) is 4.98 Å². The first-order chi connectivity index (χ1) is 9.67. The van der Waals surface area contributed by atoms with Crippen LogP contribution in [0.5, 0.6) is 23.1 Å². The van der Waals surface area contributed by atoms with Gasteiger partial charge in [-0.15, -0.1) is 0 Å². The summed E-state index contributed by atoms with van der Waals surface area (Å²) in [5, 5.41) is 9.09. The quantitative estimate of drug-likeness (QED) is 0.807. The van der Waals surface area contributed by atoms with Gasteiger partial charge in [0.15, 0.2) is 11.5 Å². The summed E-state index contributed by atoms with van der Waals surface area (Å²) in [7, 11) is 3.04. The molecule has 0 aliphatic rings. The third-order valence-corrected chi connectivity index (χ3v) is 2.68. The normalized spacial score (nSPS) is 9.70. The molecule has 0 N–H and O–H groups in total. The number of hydrogen-bond acceptors (Lipinski definition) is 5. The Morgan fingerprint density at radius 1 is 1.15 bits per heavy atom. The molecular weight excluding hydrogens is 280 g/mol. The van der Waals surface area contributed by atoms with Crippen molar-refractivity contribution in [2.75, 3.05) is 14.2 Å². The summed E-state index contributed by atoms with van der Waals surface area (Å²) in [6.07, 6.45) is 0. The molecule has 6 heteroatoms. The predicted octanol–water partition coefficient (Wildman–Crippen LogP) is 3.42. The minimum atomic E-state index is 0.174. The predicted molar refractivity (Wildman–Crippen MR) is 73.6 cm³/mol. The molecule has 0 saturated heterocycles. The van der Waals surface area contributed by atoms with E-state index in [0.717, 1.165) is 0 Å². The van der Waals surface area contributed by atoms with Crippen LogP contribution in [0.15, 0.2) is 30.3 Å². The molecular formula is C14H11ClN2O3. The molecule has 0 unspecified atom stereocenters. The molecule has 0 fully saturated rings. The summed E-state index contributed by atoms with van der Waals surface area (Å²) in [4.78, 5) is 4.01. The van der Waals surface area contributed by atoms with E-state index in [1.807, 2.05) is 6.07 Å². The summed E-state index contributed by atoms with van der Waals surface area (Å²) in [6, 6.07) is 10.2. The fourth-order valence-corrected chi connectivity index (χ4v) is 1.81. The van der Waals surface area contributed by atoms with Crippen LogP contribution in [0.1, 0.15) is 5.56 Å². The maximum Gasteiger partial charge on any atom is 0.222 e. The number of aromatic nitrogens is 1. The molecule has 0 bridgehead atoms. The number of pyridine rings is 1. The highest BCUT2D eigenvalue weighted by Gasteiger charge is 2.14. The molecule has 0 radical (unpaired) electrons. The second kappa shape index (κ2) is 6.13. The molecule has 2 rings (SSSR count). The van der Waals surface area contributed by atoms with Crippen LogP contribution < -0.4 is 14.2 Å². The van der Waals surface area contributed by atoms with E-state index in [4.69, 9.17) is 31.1 Å². The fourth-order valence-electron chi connectivity index (χ4n) is 1.61. The molecule has 0 aliphatic heterocycles. The first-order valence-electron chi connectivity index (χ1n) is 5.64. The van der Waals surface area contributed by atoms with E-state index in [1.165, 1.54) is 26.4 Å². The molecule has 1 aromatic carbocycles. The zero-order valence-corrected chi connectivity index (χ0v) is 11.6. The van der Waals surface area contributed by atoms with Gasteiger partial charge >= 0.3 is 0 Å². The average molecular weight is 291 g/mol. The van der Waals surface area contributed by atoms with Gasteiger partial charge in [0.25, 0.3) is 0 Å². The van der Waals surface area contributed by atoms with Crippen molar-refractivity contribution >= 4 is 11.6 Å². The second-order valence-corrected chi connectivity index (χ2v) is 4.11. The van der Waals surface area contributed by atoms with Crippen molar-refractivity contribution in [3.05, 3.63) is 41.0 Å². The molecule has 1 heterocycles. The summed E-state index contributed by atoms with van der Waals surface area (Å²) in [5.74, 6) is 1.54. The number of nitriles is 1. The highest BCUT2D eigenvalue weighted by atomic mass is 35.5. The van der Waals surface area contributed by atoms with Crippen molar-refractivity contribution in [2.45, 2.75) is 0 Å². The van der Waals surface area contributed by atoms with E-state index in [-0.39, 0.29) is 11.0 Å². The van der Waals surface area contributed by atoms with E-state index in [9.17, 15) is 0 Å². The van der Waals surface area contributed by atoms with Crippen LogP contribution >= 0.6 is 11.6 Å². The molecule has 2 aromatic rings. The highest BCUT2D eigenvalue weighted by Crippen LogP contribution is 2.39. The fraction of sp³-hybridized carbons (Fsp3) is 0.143. The van der Waals surface area contributed by atoms with Crippen LogP contribution in [0.2, 0.25) is 5.15 Å². The maximum atomic E-state index is 8.91. The number of methoxy groups -OCH3 is 2. The lowest BCUT2D eigenvalue weighted by Gasteiger charge is -2.13. The number of hydrogen-bond donors (Lipinski definition) is 0. The summed E-state index contributed by atoms with van der Waals surface area (Å²) < 4.78 is 16.1. The van der Waals surface area contributed by atoms with E-state index >= 15 is 0 Å². The number of ether oxygens (including phenoxy) is 3. The Morgan fingerprint density at radius 3 is 2.35 bits per heavy atom. The monoisotopic (exact) mass is 290 g/mol. The van der Waals surface area contributed by atoms with Gasteiger partial charge < -0.3 is 14.2 Å². The van der Waals surface area contributed by atoms with Gasteiger partial charge in [-0.2, -0.15) is 5.26 Å². The third-order valence-electron chi connectivity index (χ3n) is 2.49.